The van der Waals surface area contributed by atoms with E-state index in [1.165, 1.54) is 0 Å². The zero-order valence-corrected chi connectivity index (χ0v) is 13.7. The average Bonchev–Trinajstić information content (AvgIpc) is 3.00. The Morgan fingerprint density at radius 3 is 2.73 bits per heavy atom. The number of urea groups is 1. The highest BCUT2D eigenvalue weighted by atomic mass is 32.1. The predicted molar refractivity (Wildman–Crippen MR) is 88.2 cm³/mol. The first-order chi connectivity index (χ1) is 10.7. The van der Waals surface area contributed by atoms with E-state index in [1.807, 2.05) is 36.6 Å². The fourth-order valence-corrected chi connectivity index (χ4v) is 2.69. The normalized spacial score (nSPS) is 10.3. The van der Waals surface area contributed by atoms with Gasteiger partial charge in [0, 0.05) is 17.5 Å². The molecule has 0 aliphatic heterocycles. The van der Waals surface area contributed by atoms with E-state index in [0.717, 1.165) is 28.4 Å². The largest absolute Gasteiger partial charge is 0.494 e. The number of nitrogens with one attached hydrogen (secondary N) is 2. The summed E-state index contributed by atoms with van der Waals surface area (Å²) in [6, 6.07) is 7.48. The maximum atomic E-state index is 11.8. The van der Waals surface area contributed by atoms with Crippen molar-refractivity contribution >= 4 is 17.4 Å². The Morgan fingerprint density at radius 1 is 1.23 bits per heavy atom. The zero-order valence-electron chi connectivity index (χ0n) is 12.9. The third kappa shape index (κ3) is 4.73. The smallest absolute Gasteiger partial charge is 0.315 e. The van der Waals surface area contributed by atoms with E-state index in [1.54, 1.807) is 11.3 Å². The molecule has 0 radical (unpaired) electrons. The molecule has 2 aromatic rings. The second-order valence-electron chi connectivity index (χ2n) is 4.66. The van der Waals surface area contributed by atoms with Crippen molar-refractivity contribution in [3.05, 3.63) is 45.9 Å². The van der Waals surface area contributed by atoms with Gasteiger partial charge in [-0.3, -0.25) is 0 Å². The van der Waals surface area contributed by atoms with Crippen LogP contribution in [0.15, 0.2) is 29.6 Å². The number of carbonyl (C=O) groups is 1. The van der Waals surface area contributed by atoms with E-state index >= 15 is 0 Å². The van der Waals surface area contributed by atoms with Gasteiger partial charge in [-0.1, -0.05) is 25.1 Å². The van der Waals surface area contributed by atoms with Crippen molar-refractivity contribution in [1.82, 2.24) is 15.6 Å². The van der Waals surface area contributed by atoms with Crippen LogP contribution >= 0.6 is 11.3 Å². The maximum absolute atomic E-state index is 11.8. The zero-order chi connectivity index (χ0) is 15.8. The molecule has 1 heterocycles. The van der Waals surface area contributed by atoms with Gasteiger partial charge in [0.1, 0.15) is 5.75 Å². The number of aryl methyl sites for hydroxylation is 1. The summed E-state index contributed by atoms with van der Waals surface area (Å²) in [7, 11) is 0. The number of hydrogen-bond donors (Lipinski definition) is 2. The molecule has 0 fully saturated rings. The summed E-state index contributed by atoms with van der Waals surface area (Å²) in [6.07, 6.45) is 0.922. The first-order valence-electron chi connectivity index (χ1n) is 7.38. The van der Waals surface area contributed by atoms with Gasteiger partial charge in [-0.25, -0.2) is 9.78 Å². The number of amides is 2. The SMILES string of the molecule is CCOc1ccccc1CNC(=O)NCc1csc(CC)n1. The Labute approximate surface area is 134 Å². The predicted octanol–water partition coefficient (Wildman–Crippen LogP) is 3.10. The van der Waals surface area contributed by atoms with Crippen molar-refractivity contribution < 1.29 is 9.53 Å². The number of carbonyl (C=O) groups excluding carboxylic acids is 1. The third-order valence-electron chi connectivity index (χ3n) is 3.04. The Balaban J connectivity index is 1.80. The second kappa shape index (κ2) is 8.38. The summed E-state index contributed by atoms with van der Waals surface area (Å²) >= 11 is 1.62. The molecule has 6 heteroatoms. The Bertz CT molecular complexity index is 613. The van der Waals surface area contributed by atoms with Crippen molar-refractivity contribution in [2.45, 2.75) is 33.4 Å². The van der Waals surface area contributed by atoms with Crippen LogP contribution in [0.3, 0.4) is 0 Å². The maximum Gasteiger partial charge on any atom is 0.315 e. The molecule has 2 N–H and O–H groups in total. The molecule has 0 bridgehead atoms. The van der Waals surface area contributed by atoms with Crippen molar-refractivity contribution in [1.29, 1.82) is 0 Å². The Hall–Kier alpha value is -2.08. The van der Waals surface area contributed by atoms with Gasteiger partial charge in [-0.2, -0.15) is 0 Å². The highest BCUT2D eigenvalue weighted by Gasteiger charge is 2.06. The number of thiazole rings is 1. The molecule has 1 aromatic heterocycles. The Morgan fingerprint density at radius 2 is 2.00 bits per heavy atom. The lowest BCUT2D eigenvalue weighted by Gasteiger charge is -2.11. The Kier molecular flexibility index (Phi) is 6.21. The summed E-state index contributed by atoms with van der Waals surface area (Å²) in [5.41, 5.74) is 1.85. The minimum atomic E-state index is -0.211. The van der Waals surface area contributed by atoms with E-state index < -0.39 is 0 Å². The molecular formula is C16H21N3O2S. The molecule has 22 heavy (non-hydrogen) atoms. The molecule has 5 nitrogen and oxygen atoms in total. The van der Waals surface area contributed by atoms with Crippen LogP contribution in [0.1, 0.15) is 30.1 Å². The van der Waals surface area contributed by atoms with E-state index in [9.17, 15) is 4.79 Å². The standard InChI is InChI=1S/C16H21N3O2S/c1-3-15-19-13(11-22-15)10-18-16(20)17-9-12-7-5-6-8-14(12)21-4-2/h5-8,11H,3-4,9-10H2,1-2H3,(H2,17,18,20). The highest BCUT2D eigenvalue weighted by molar-refractivity contribution is 7.09. The monoisotopic (exact) mass is 319 g/mol. The number of ether oxygens (including phenoxy) is 1. The molecule has 2 rings (SSSR count). The molecule has 0 aliphatic rings. The summed E-state index contributed by atoms with van der Waals surface area (Å²) in [5.74, 6) is 0.803. The molecule has 0 spiro atoms. The van der Waals surface area contributed by atoms with Gasteiger partial charge in [0.2, 0.25) is 0 Å². The molecular weight excluding hydrogens is 298 g/mol. The van der Waals surface area contributed by atoms with Gasteiger partial charge in [0.05, 0.1) is 23.9 Å². The van der Waals surface area contributed by atoms with Crippen molar-refractivity contribution in [2.24, 2.45) is 0 Å². The number of nitrogens with zero attached hydrogens (tertiary/aromatic N) is 1. The average molecular weight is 319 g/mol. The fourth-order valence-electron chi connectivity index (χ4n) is 1.95. The number of rotatable bonds is 7. The van der Waals surface area contributed by atoms with Gasteiger partial charge in [-0.15, -0.1) is 11.3 Å². The van der Waals surface area contributed by atoms with Crippen LogP contribution in [0.25, 0.3) is 0 Å². The van der Waals surface area contributed by atoms with Crippen LogP contribution in [0, 0.1) is 0 Å². The van der Waals surface area contributed by atoms with Gasteiger partial charge in [-0.05, 0) is 19.4 Å². The first kappa shape index (κ1) is 16.3. The first-order valence-corrected chi connectivity index (χ1v) is 8.26. The third-order valence-corrected chi connectivity index (χ3v) is 4.09. The van der Waals surface area contributed by atoms with Crippen molar-refractivity contribution in [3.63, 3.8) is 0 Å². The molecule has 0 saturated heterocycles. The number of benzene rings is 1. The van der Waals surface area contributed by atoms with E-state index in [4.69, 9.17) is 4.74 Å². The molecule has 0 unspecified atom stereocenters. The number of para-hydroxylation sites is 1. The molecule has 0 saturated carbocycles. The van der Waals surface area contributed by atoms with Gasteiger partial charge < -0.3 is 15.4 Å². The minimum Gasteiger partial charge on any atom is -0.494 e. The van der Waals surface area contributed by atoms with Crippen LogP contribution in [0.5, 0.6) is 5.75 Å². The van der Waals surface area contributed by atoms with Crippen LogP contribution in [0.4, 0.5) is 4.79 Å². The van der Waals surface area contributed by atoms with Gasteiger partial charge >= 0.3 is 6.03 Å². The minimum absolute atomic E-state index is 0.211. The summed E-state index contributed by atoms with van der Waals surface area (Å²) in [4.78, 5) is 16.3. The lowest BCUT2D eigenvalue weighted by atomic mass is 10.2. The lowest BCUT2D eigenvalue weighted by Crippen LogP contribution is -2.34. The van der Waals surface area contributed by atoms with Crippen LogP contribution in [0.2, 0.25) is 0 Å². The van der Waals surface area contributed by atoms with Crippen LogP contribution in [-0.4, -0.2) is 17.6 Å². The molecule has 1 aromatic carbocycles. The van der Waals surface area contributed by atoms with Crippen LogP contribution < -0.4 is 15.4 Å². The molecule has 118 valence electrons. The van der Waals surface area contributed by atoms with Crippen LogP contribution in [-0.2, 0) is 19.5 Å². The molecule has 0 aliphatic carbocycles. The summed E-state index contributed by atoms with van der Waals surface area (Å²) < 4.78 is 5.53. The molecule has 2 amide bonds. The number of hydrogen-bond acceptors (Lipinski definition) is 4. The summed E-state index contributed by atoms with van der Waals surface area (Å²) in [5, 5.41) is 8.71. The van der Waals surface area contributed by atoms with E-state index in [2.05, 4.69) is 22.5 Å². The number of aromatic nitrogens is 1. The van der Waals surface area contributed by atoms with Crippen molar-refractivity contribution in [3.8, 4) is 5.75 Å². The second-order valence-corrected chi connectivity index (χ2v) is 5.61. The topological polar surface area (TPSA) is 63.2 Å². The van der Waals surface area contributed by atoms with E-state index in [-0.39, 0.29) is 6.03 Å². The van der Waals surface area contributed by atoms with Crippen molar-refractivity contribution in [2.75, 3.05) is 6.61 Å². The highest BCUT2D eigenvalue weighted by Crippen LogP contribution is 2.17. The van der Waals surface area contributed by atoms with E-state index in [0.29, 0.717) is 19.7 Å². The quantitative estimate of drug-likeness (QED) is 0.824. The van der Waals surface area contributed by atoms with Gasteiger partial charge in [0.15, 0.2) is 0 Å². The molecule has 0 atom stereocenters. The summed E-state index contributed by atoms with van der Waals surface area (Å²) in [6.45, 7) is 5.48. The lowest BCUT2D eigenvalue weighted by molar-refractivity contribution is 0.240. The van der Waals surface area contributed by atoms with Gasteiger partial charge in [0.25, 0.3) is 0 Å². The fraction of sp³-hybridized carbons (Fsp3) is 0.375.